The number of hydrogen-bond acceptors (Lipinski definition) is 3. The minimum Gasteiger partial charge on any atom is -0.490 e. The third-order valence-electron chi connectivity index (χ3n) is 5.25. The van der Waals surface area contributed by atoms with Crippen molar-refractivity contribution in [1.29, 1.82) is 0 Å². The average Bonchev–Trinajstić information content (AvgIpc) is 3.14. The van der Waals surface area contributed by atoms with Crippen molar-refractivity contribution in [2.24, 2.45) is 0 Å². The zero-order chi connectivity index (χ0) is 17.1. The monoisotopic (exact) mass is 335 g/mol. The second-order valence-electron chi connectivity index (χ2n) is 6.98. The SMILES string of the molecule is Cc1c(O[C@H]2CC[C@H](NCc3ccccc3)CC2)ccc2[nH]ncc12. The quantitative estimate of drug-likeness (QED) is 0.729. The molecule has 2 N–H and O–H groups in total. The van der Waals surface area contributed by atoms with Gasteiger partial charge in [-0.1, -0.05) is 30.3 Å². The first-order valence-corrected chi connectivity index (χ1v) is 9.16. The van der Waals surface area contributed by atoms with E-state index in [1.54, 1.807) is 0 Å². The third-order valence-corrected chi connectivity index (χ3v) is 5.25. The Balaban J connectivity index is 1.30. The number of aryl methyl sites for hydroxylation is 1. The molecule has 1 aliphatic rings. The topological polar surface area (TPSA) is 49.9 Å². The minimum atomic E-state index is 0.317. The van der Waals surface area contributed by atoms with Crippen molar-refractivity contribution in [3.63, 3.8) is 0 Å². The third kappa shape index (κ3) is 3.69. The van der Waals surface area contributed by atoms with Crippen LogP contribution in [-0.4, -0.2) is 22.3 Å². The molecule has 4 nitrogen and oxygen atoms in total. The van der Waals surface area contributed by atoms with Crippen molar-refractivity contribution in [2.75, 3.05) is 0 Å². The summed E-state index contributed by atoms with van der Waals surface area (Å²) in [6.45, 7) is 3.06. The second kappa shape index (κ2) is 7.28. The number of benzene rings is 2. The second-order valence-corrected chi connectivity index (χ2v) is 6.98. The Bertz CT molecular complexity index is 820. The maximum absolute atomic E-state index is 6.31. The van der Waals surface area contributed by atoms with Crippen molar-refractivity contribution in [2.45, 2.75) is 51.3 Å². The Morgan fingerprint density at radius 3 is 2.68 bits per heavy atom. The van der Waals surface area contributed by atoms with Gasteiger partial charge in [0, 0.05) is 23.5 Å². The van der Waals surface area contributed by atoms with E-state index in [9.17, 15) is 0 Å². The van der Waals surface area contributed by atoms with Gasteiger partial charge in [-0.05, 0) is 50.3 Å². The molecule has 130 valence electrons. The molecule has 1 fully saturated rings. The summed E-state index contributed by atoms with van der Waals surface area (Å²) in [5.74, 6) is 0.995. The molecule has 1 aliphatic carbocycles. The van der Waals surface area contributed by atoms with Gasteiger partial charge in [-0.15, -0.1) is 0 Å². The lowest BCUT2D eigenvalue weighted by Gasteiger charge is -2.30. The zero-order valence-corrected chi connectivity index (χ0v) is 14.7. The lowest BCUT2D eigenvalue weighted by Crippen LogP contribution is -2.36. The average molecular weight is 335 g/mol. The van der Waals surface area contributed by atoms with Crippen molar-refractivity contribution in [3.8, 4) is 5.75 Å². The predicted octanol–water partition coefficient (Wildman–Crippen LogP) is 4.35. The van der Waals surface area contributed by atoms with Gasteiger partial charge in [-0.25, -0.2) is 0 Å². The van der Waals surface area contributed by atoms with Crippen molar-refractivity contribution >= 4 is 10.9 Å². The fourth-order valence-corrected chi connectivity index (χ4v) is 3.69. The smallest absolute Gasteiger partial charge is 0.123 e. The molecule has 1 heterocycles. The molecular formula is C21H25N3O. The van der Waals surface area contributed by atoms with E-state index in [0.717, 1.165) is 36.0 Å². The van der Waals surface area contributed by atoms with E-state index < -0.39 is 0 Å². The number of hydrogen-bond donors (Lipinski definition) is 2. The molecule has 25 heavy (non-hydrogen) atoms. The molecule has 0 bridgehead atoms. The first-order chi connectivity index (χ1) is 12.3. The molecule has 0 aliphatic heterocycles. The van der Waals surface area contributed by atoms with E-state index in [-0.39, 0.29) is 0 Å². The summed E-state index contributed by atoms with van der Waals surface area (Å²) in [7, 11) is 0. The summed E-state index contributed by atoms with van der Waals surface area (Å²) >= 11 is 0. The van der Waals surface area contributed by atoms with Crippen LogP contribution in [0.1, 0.15) is 36.8 Å². The van der Waals surface area contributed by atoms with Gasteiger partial charge in [0.05, 0.1) is 17.8 Å². The fourth-order valence-electron chi connectivity index (χ4n) is 3.69. The number of fused-ring (bicyclic) bond motifs is 1. The molecule has 0 atom stereocenters. The van der Waals surface area contributed by atoms with Crippen LogP contribution in [0.3, 0.4) is 0 Å². The molecule has 4 rings (SSSR count). The fraction of sp³-hybridized carbons (Fsp3) is 0.381. The Hall–Kier alpha value is -2.33. The van der Waals surface area contributed by atoms with Crippen molar-refractivity contribution in [1.82, 2.24) is 15.5 Å². The Kier molecular flexibility index (Phi) is 4.70. The number of nitrogens with one attached hydrogen (secondary N) is 2. The molecule has 0 saturated heterocycles. The van der Waals surface area contributed by atoms with Crippen LogP contribution in [-0.2, 0) is 6.54 Å². The van der Waals surface area contributed by atoms with Crippen LogP contribution in [0.25, 0.3) is 10.9 Å². The van der Waals surface area contributed by atoms with Crippen LogP contribution in [0.4, 0.5) is 0 Å². The summed E-state index contributed by atoms with van der Waals surface area (Å²) in [4.78, 5) is 0. The first-order valence-electron chi connectivity index (χ1n) is 9.16. The van der Waals surface area contributed by atoms with Crippen molar-refractivity contribution < 1.29 is 4.74 Å². The van der Waals surface area contributed by atoms with Crippen LogP contribution in [0.15, 0.2) is 48.7 Å². The van der Waals surface area contributed by atoms with Crippen LogP contribution in [0, 0.1) is 6.92 Å². The number of ether oxygens (including phenoxy) is 1. The zero-order valence-electron chi connectivity index (χ0n) is 14.7. The minimum absolute atomic E-state index is 0.317. The number of rotatable bonds is 5. The molecule has 0 spiro atoms. The largest absolute Gasteiger partial charge is 0.490 e. The lowest BCUT2D eigenvalue weighted by molar-refractivity contribution is 0.138. The number of H-pyrrole nitrogens is 1. The summed E-state index contributed by atoms with van der Waals surface area (Å²) in [5.41, 5.74) is 3.60. The normalized spacial score (nSPS) is 20.7. The highest BCUT2D eigenvalue weighted by Crippen LogP contribution is 2.30. The highest BCUT2D eigenvalue weighted by atomic mass is 16.5. The Morgan fingerprint density at radius 1 is 1.08 bits per heavy atom. The van der Waals surface area contributed by atoms with Crippen LogP contribution < -0.4 is 10.1 Å². The van der Waals surface area contributed by atoms with Gasteiger partial charge in [0.15, 0.2) is 0 Å². The van der Waals surface area contributed by atoms with Gasteiger partial charge in [0.1, 0.15) is 5.75 Å². The van der Waals surface area contributed by atoms with Gasteiger partial charge >= 0.3 is 0 Å². The van der Waals surface area contributed by atoms with Gasteiger partial charge in [0.2, 0.25) is 0 Å². The molecule has 4 heteroatoms. The van der Waals surface area contributed by atoms with Gasteiger partial charge in [0.25, 0.3) is 0 Å². The van der Waals surface area contributed by atoms with E-state index in [4.69, 9.17) is 4.74 Å². The van der Waals surface area contributed by atoms with E-state index >= 15 is 0 Å². The molecular weight excluding hydrogens is 310 g/mol. The number of aromatic amines is 1. The van der Waals surface area contributed by atoms with Crippen LogP contribution in [0.2, 0.25) is 0 Å². The molecule has 0 amide bonds. The lowest BCUT2D eigenvalue weighted by atomic mass is 9.92. The standard InChI is InChI=1S/C21H25N3O/c1-15-19-14-23-24-20(19)11-12-21(15)25-18-9-7-17(8-10-18)22-13-16-5-3-2-4-6-16/h2-6,11-12,14,17-18,22H,7-10,13H2,1H3,(H,23,24)/t17-,18-. The summed E-state index contributed by atoms with van der Waals surface area (Å²) in [6, 6.07) is 15.3. The predicted molar refractivity (Wildman–Crippen MR) is 101 cm³/mol. The number of aromatic nitrogens is 2. The van der Waals surface area contributed by atoms with E-state index in [2.05, 4.69) is 64.9 Å². The summed E-state index contributed by atoms with van der Waals surface area (Å²) in [5, 5.41) is 12.0. The van der Waals surface area contributed by atoms with Gasteiger partial charge in [-0.2, -0.15) is 5.10 Å². The first kappa shape index (κ1) is 16.2. The molecule has 0 unspecified atom stereocenters. The maximum Gasteiger partial charge on any atom is 0.123 e. The van der Waals surface area contributed by atoms with Crippen molar-refractivity contribution in [3.05, 3.63) is 59.8 Å². The van der Waals surface area contributed by atoms with Gasteiger partial charge in [-0.3, -0.25) is 5.10 Å². The van der Waals surface area contributed by atoms with Crippen LogP contribution >= 0.6 is 0 Å². The van der Waals surface area contributed by atoms with Crippen LogP contribution in [0.5, 0.6) is 5.75 Å². The highest BCUT2D eigenvalue weighted by Gasteiger charge is 2.22. The highest BCUT2D eigenvalue weighted by molar-refractivity contribution is 5.83. The molecule has 1 saturated carbocycles. The van der Waals surface area contributed by atoms with E-state index in [1.165, 1.54) is 24.0 Å². The molecule has 3 aromatic rings. The summed E-state index contributed by atoms with van der Waals surface area (Å²) < 4.78 is 6.31. The van der Waals surface area contributed by atoms with Gasteiger partial charge < -0.3 is 10.1 Å². The molecule has 0 radical (unpaired) electrons. The van der Waals surface area contributed by atoms with E-state index in [1.807, 2.05) is 6.20 Å². The summed E-state index contributed by atoms with van der Waals surface area (Å²) in [6.07, 6.45) is 6.75. The Labute approximate surface area is 148 Å². The van der Waals surface area contributed by atoms with E-state index in [0.29, 0.717) is 12.1 Å². The molecule has 2 aromatic carbocycles. The maximum atomic E-state index is 6.31. The molecule has 1 aromatic heterocycles. The Morgan fingerprint density at radius 2 is 1.88 bits per heavy atom. The number of nitrogens with zero attached hydrogens (tertiary/aromatic N) is 1.